The first-order valence-corrected chi connectivity index (χ1v) is 8.69. The molecule has 0 aliphatic carbocycles. The molecule has 3 nitrogen and oxygen atoms in total. The maximum Gasteiger partial charge on any atom is 0.0376 e. The van der Waals surface area contributed by atoms with Gasteiger partial charge in [-0.05, 0) is 56.9 Å². The summed E-state index contributed by atoms with van der Waals surface area (Å²) in [6.07, 6.45) is 5.49. The molecule has 0 aromatic heterocycles. The molecule has 3 heteroatoms. The van der Waals surface area contributed by atoms with Crippen molar-refractivity contribution in [2.45, 2.75) is 37.6 Å². The number of benzene rings is 1. The molecule has 3 aliphatic heterocycles. The molecule has 2 atom stereocenters. The van der Waals surface area contributed by atoms with Crippen LogP contribution in [0.2, 0.25) is 0 Å². The fraction of sp³-hybridized carbons (Fsp3) is 0.667. The van der Waals surface area contributed by atoms with Gasteiger partial charge in [-0.25, -0.2) is 0 Å². The van der Waals surface area contributed by atoms with Crippen LogP contribution in [-0.4, -0.2) is 55.1 Å². The first-order chi connectivity index (χ1) is 10.4. The van der Waals surface area contributed by atoms with Crippen LogP contribution in [0.3, 0.4) is 0 Å². The van der Waals surface area contributed by atoms with Crippen LogP contribution < -0.4 is 5.32 Å². The van der Waals surface area contributed by atoms with E-state index in [1.165, 1.54) is 69.7 Å². The van der Waals surface area contributed by atoms with E-state index in [1.807, 2.05) is 0 Å². The smallest absolute Gasteiger partial charge is 0.0376 e. The molecular weight excluding hydrogens is 258 g/mol. The summed E-state index contributed by atoms with van der Waals surface area (Å²) in [5, 5.41) is 3.54. The van der Waals surface area contributed by atoms with Gasteiger partial charge < -0.3 is 10.2 Å². The fourth-order valence-electron chi connectivity index (χ4n) is 4.43. The molecular formula is C18H27N3. The number of anilines is 1. The van der Waals surface area contributed by atoms with Gasteiger partial charge in [-0.1, -0.05) is 18.2 Å². The Morgan fingerprint density at radius 3 is 2.81 bits per heavy atom. The van der Waals surface area contributed by atoms with E-state index in [-0.39, 0.29) is 0 Å². The third kappa shape index (κ3) is 2.82. The predicted molar refractivity (Wildman–Crippen MR) is 87.9 cm³/mol. The van der Waals surface area contributed by atoms with Crippen LogP contribution in [0, 0.1) is 0 Å². The fourth-order valence-corrected chi connectivity index (χ4v) is 4.43. The molecule has 0 bridgehead atoms. The van der Waals surface area contributed by atoms with E-state index in [2.05, 4.69) is 39.4 Å². The van der Waals surface area contributed by atoms with Gasteiger partial charge >= 0.3 is 0 Å². The summed E-state index contributed by atoms with van der Waals surface area (Å²) in [4.78, 5) is 5.45. The Morgan fingerprint density at radius 2 is 1.90 bits per heavy atom. The van der Waals surface area contributed by atoms with Crippen molar-refractivity contribution in [3.8, 4) is 0 Å². The van der Waals surface area contributed by atoms with Gasteiger partial charge in [0.25, 0.3) is 0 Å². The van der Waals surface area contributed by atoms with E-state index in [0.717, 1.165) is 18.5 Å². The highest BCUT2D eigenvalue weighted by Crippen LogP contribution is 2.33. The Hall–Kier alpha value is -1.06. The normalized spacial score (nSPS) is 30.3. The minimum Gasteiger partial charge on any atom is -0.385 e. The third-order valence-electron chi connectivity index (χ3n) is 5.59. The predicted octanol–water partition coefficient (Wildman–Crippen LogP) is 2.76. The SMILES string of the molecule is c1ccc2c(c1)NCCC2CN1CCC(N2CCCC2)C1. The van der Waals surface area contributed by atoms with Crippen molar-refractivity contribution in [2.75, 3.05) is 44.6 Å². The molecule has 0 spiro atoms. The minimum atomic E-state index is 0.722. The highest BCUT2D eigenvalue weighted by atomic mass is 15.3. The van der Waals surface area contributed by atoms with Crippen LogP contribution in [0.4, 0.5) is 5.69 Å². The zero-order chi connectivity index (χ0) is 14.1. The van der Waals surface area contributed by atoms with Crippen molar-refractivity contribution in [1.82, 2.24) is 9.80 Å². The molecule has 3 aliphatic rings. The van der Waals surface area contributed by atoms with Gasteiger partial charge in [-0.2, -0.15) is 0 Å². The van der Waals surface area contributed by atoms with Gasteiger partial charge in [0.1, 0.15) is 0 Å². The molecule has 1 aromatic carbocycles. The molecule has 21 heavy (non-hydrogen) atoms. The number of likely N-dealkylation sites (tertiary alicyclic amines) is 2. The van der Waals surface area contributed by atoms with Crippen molar-refractivity contribution in [3.05, 3.63) is 29.8 Å². The maximum absolute atomic E-state index is 3.54. The van der Waals surface area contributed by atoms with Gasteiger partial charge in [0.2, 0.25) is 0 Å². The van der Waals surface area contributed by atoms with E-state index in [9.17, 15) is 0 Å². The highest BCUT2D eigenvalue weighted by molar-refractivity contribution is 5.54. The standard InChI is InChI=1S/C18H27N3/c1-2-6-18-17(5-1)15(7-9-19-18)13-20-12-8-16(14-20)21-10-3-4-11-21/h1-2,5-6,15-16,19H,3-4,7-14H2. The molecule has 2 fully saturated rings. The molecule has 0 amide bonds. The lowest BCUT2D eigenvalue weighted by atomic mass is 9.90. The summed E-state index contributed by atoms with van der Waals surface area (Å²) in [7, 11) is 0. The van der Waals surface area contributed by atoms with Crippen LogP contribution in [0.25, 0.3) is 0 Å². The van der Waals surface area contributed by atoms with E-state index in [4.69, 9.17) is 0 Å². The van der Waals surface area contributed by atoms with Crippen molar-refractivity contribution in [1.29, 1.82) is 0 Å². The Bertz CT molecular complexity index is 481. The first-order valence-electron chi connectivity index (χ1n) is 8.69. The Morgan fingerprint density at radius 1 is 1.05 bits per heavy atom. The van der Waals surface area contributed by atoms with E-state index >= 15 is 0 Å². The zero-order valence-corrected chi connectivity index (χ0v) is 12.9. The molecule has 1 N–H and O–H groups in total. The van der Waals surface area contributed by atoms with Crippen LogP contribution in [0.5, 0.6) is 0 Å². The first kappa shape index (κ1) is 13.6. The van der Waals surface area contributed by atoms with Gasteiger partial charge in [0.15, 0.2) is 0 Å². The van der Waals surface area contributed by atoms with Crippen molar-refractivity contribution in [2.24, 2.45) is 0 Å². The second-order valence-corrected chi connectivity index (χ2v) is 6.94. The lowest BCUT2D eigenvalue weighted by molar-refractivity contribution is 0.226. The summed E-state index contributed by atoms with van der Waals surface area (Å²) in [5.41, 5.74) is 2.90. The average Bonchev–Trinajstić information content (AvgIpc) is 3.18. The summed E-state index contributed by atoms with van der Waals surface area (Å²) in [6.45, 7) is 7.66. The van der Waals surface area contributed by atoms with Gasteiger partial charge in [0, 0.05) is 37.3 Å². The van der Waals surface area contributed by atoms with E-state index in [0.29, 0.717) is 0 Å². The van der Waals surface area contributed by atoms with Crippen molar-refractivity contribution in [3.63, 3.8) is 0 Å². The largest absolute Gasteiger partial charge is 0.385 e. The number of hydrogen-bond donors (Lipinski definition) is 1. The lowest BCUT2D eigenvalue weighted by Gasteiger charge is -2.30. The maximum atomic E-state index is 3.54. The second-order valence-electron chi connectivity index (χ2n) is 6.94. The molecule has 1 aromatic rings. The number of nitrogens with one attached hydrogen (secondary N) is 1. The Balaban J connectivity index is 1.39. The topological polar surface area (TPSA) is 18.5 Å². The second kappa shape index (κ2) is 5.98. The van der Waals surface area contributed by atoms with Gasteiger partial charge in [-0.15, -0.1) is 0 Å². The molecule has 0 radical (unpaired) electrons. The number of nitrogens with zero attached hydrogens (tertiary/aromatic N) is 2. The summed E-state index contributed by atoms with van der Waals surface area (Å²) in [5.74, 6) is 0.722. The van der Waals surface area contributed by atoms with E-state index in [1.54, 1.807) is 0 Å². The summed E-state index contributed by atoms with van der Waals surface area (Å²) >= 11 is 0. The third-order valence-corrected chi connectivity index (χ3v) is 5.59. The summed E-state index contributed by atoms with van der Waals surface area (Å²) in [6, 6.07) is 9.73. The van der Waals surface area contributed by atoms with Crippen molar-refractivity contribution < 1.29 is 0 Å². The number of rotatable bonds is 3. The highest BCUT2D eigenvalue weighted by Gasteiger charge is 2.31. The van der Waals surface area contributed by atoms with Crippen molar-refractivity contribution >= 4 is 5.69 Å². The minimum absolute atomic E-state index is 0.722. The molecule has 2 unspecified atom stereocenters. The van der Waals surface area contributed by atoms with Crippen LogP contribution >= 0.6 is 0 Å². The van der Waals surface area contributed by atoms with E-state index < -0.39 is 0 Å². The zero-order valence-electron chi connectivity index (χ0n) is 12.9. The molecule has 3 heterocycles. The van der Waals surface area contributed by atoms with Crippen LogP contribution in [0.1, 0.15) is 37.2 Å². The van der Waals surface area contributed by atoms with Crippen LogP contribution in [0.15, 0.2) is 24.3 Å². The molecule has 4 rings (SSSR count). The van der Waals surface area contributed by atoms with Crippen LogP contribution in [-0.2, 0) is 0 Å². The number of hydrogen-bond acceptors (Lipinski definition) is 3. The molecule has 2 saturated heterocycles. The Kier molecular flexibility index (Phi) is 3.87. The quantitative estimate of drug-likeness (QED) is 0.921. The lowest BCUT2D eigenvalue weighted by Crippen LogP contribution is -2.36. The monoisotopic (exact) mass is 285 g/mol. The molecule has 0 saturated carbocycles. The van der Waals surface area contributed by atoms with Gasteiger partial charge in [-0.3, -0.25) is 4.90 Å². The molecule has 114 valence electrons. The average molecular weight is 285 g/mol. The van der Waals surface area contributed by atoms with Gasteiger partial charge in [0.05, 0.1) is 0 Å². The number of fused-ring (bicyclic) bond motifs is 1. The summed E-state index contributed by atoms with van der Waals surface area (Å²) < 4.78 is 0. The Labute approximate surface area is 128 Å². The number of para-hydroxylation sites is 1.